The molecular weight excluding hydrogens is 943 g/mol. The molecule has 0 bridgehead atoms. The number of amides is 10. The predicted octanol–water partition coefficient (Wildman–Crippen LogP) is -3.01. The van der Waals surface area contributed by atoms with Crippen molar-refractivity contribution in [3.63, 3.8) is 0 Å². The first-order valence-corrected chi connectivity index (χ1v) is 25.0. The first-order chi connectivity index (χ1) is 32.5. The minimum absolute atomic E-state index is 0.0332. The van der Waals surface area contributed by atoms with Crippen LogP contribution >= 0.6 is 21.6 Å². The number of nitrogens with zero attached hydrogens (tertiary/aromatic N) is 1. The SMILES string of the molecule is CC[C@H](C)[C@@H]1NC(=O)C(Cc2ccc(O)cc2)NC(=O)[C@@H](N)CSSCC(C(=O)N2CCC[C@H]2C(=O)N[C@@H](CC(C)C)C(=O)NCC(=O)O)NC(=O)[C@H](CC(N)=O)NC(=O)C(CCC(N)=O)NC1=O. The molecule has 10 amide bonds. The van der Waals surface area contributed by atoms with Gasteiger partial charge in [0.05, 0.1) is 12.5 Å². The number of hydrogen-bond donors (Lipinski definition) is 12. The van der Waals surface area contributed by atoms with Crippen LogP contribution in [-0.2, 0) is 59.2 Å². The fraction of sp³-hybridized carbons (Fsp3) is 0.605. The summed E-state index contributed by atoms with van der Waals surface area (Å²) in [5.74, 6) is -11.1. The topological polar surface area (TPSA) is 394 Å². The van der Waals surface area contributed by atoms with Gasteiger partial charge in [0.25, 0.3) is 0 Å². The average Bonchev–Trinajstić information content (AvgIpc) is 3.78. The van der Waals surface area contributed by atoms with Crippen molar-refractivity contribution < 1.29 is 63.0 Å². The number of likely N-dealkylation sites (tertiary alicyclic amines) is 1. The summed E-state index contributed by atoms with van der Waals surface area (Å²) in [7, 11) is 2.03. The third-order valence-corrected chi connectivity index (χ3v) is 13.7. The lowest BCUT2D eigenvalue weighted by atomic mass is 9.96. The van der Waals surface area contributed by atoms with Gasteiger partial charge in [-0.25, -0.2) is 0 Å². The standard InChI is InChI=1S/C43H65N11O13S2/c1-5-22(4)35-42(66)48-26(12-13-32(45)56)38(62)50-29(17-33(46)57)39(63)52-30(20-69-68-19-25(44)36(60)49-28(40(64)53-35)16-23-8-10-24(55)11-9-23)43(67)54-14-6-7-31(54)41(65)51-27(15-21(2)3)37(61)47-18-34(58)59/h8-11,21-22,25-31,35,55H,5-7,12-20,44H2,1-4H3,(H2,45,56)(H2,46,57)(H,47,61)(H,48,66)(H,49,60)(H,50,62)(H,51,65)(H,52,63)(H,53,64)(H,58,59)/t22-,25-,26?,27-,28?,29-,30?,31-,35-/m0/s1. The average molecular weight is 1010 g/mol. The van der Waals surface area contributed by atoms with E-state index in [1.165, 1.54) is 29.2 Å². The van der Waals surface area contributed by atoms with E-state index in [1.54, 1.807) is 27.7 Å². The number of carboxylic acid groups (broad SMARTS) is 1. The zero-order valence-corrected chi connectivity index (χ0v) is 40.6. The Morgan fingerprint density at radius 1 is 0.812 bits per heavy atom. The number of phenols is 1. The normalized spacial score (nSPS) is 24.3. The van der Waals surface area contributed by atoms with E-state index in [4.69, 9.17) is 22.3 Å². The summed E-state index contributed by atoms with van der Waals surface area (Å²) >= 11 is 0. The number of phenolic OH excluding ortho intramolecular Hbond substituents is 1. The number of rotatable bonds is 17. The second-order valence-electron chi connectivity index (χ2n) is 17.3. The van der Waals surface area contributed by atoms with E-state index < -0.39 is 145 Å². The molecule has 0 radical (unpaired) electrons. The molecule has 2 aliphatic rings. The molecule has 0 aromatic heterocycles. The summed E-state index contributed by atoms with van der Waals surface area (Å²) in [5.41, 5.74) is 17.7. The maximum absolute atomic E-state index is 14.5. The van der Waals surface area contributed by atoms with Gasteiger partial charge in [-0.05, 0) is 55.2 Å². The van der Waals surface area contributed by atoms with Crippen LogP contribution < -0.4 is 54.4 Å². The fourth-order valence-electron chi connectivity index (χ4n) is 7.33. The van der Waals surface area contributed by atoms with E-state index >= 15 is 0 Å². The molecule has 0 aliphatic carbocycles. The van der Waals surface area contributed by atoms with Crippen molar-refractivity contribution in [2.24, 2.45) is 29.0 Å². The predicted molar refractivity (Wildman–Crippen MR) is 253 cm³/mol. The number of carbonyl (C=O) groups excluding carboxylic acids is 10. The van der Waals surface area contributed by atoms with Gasteiger partial charge in [-0.1, -0.05) is 67.8 Å². The van der Waals surface area contributed by atoms with Crippen LogP contribution in [0.3, 0.4) is 0 Å². The van der Waals surface area contributed by atoms with Crippen LogP contribution in [0.25, 0.3) is 0 Å². The highest BCUT2D eigenvalue weighted by atomic mass is 33.1. The minimum Gasteiger partial charge on any atom is -0.508 e. The second-order valence-corrected chi connectivity index (χ2v) is 19.9. The summed E-state index contributed by atoms with van der Waals surface area (Å²) in [6, 6.07) is -5.19. The molecular formula is C43H65N11O13S2. The van der Waals surface area contributed by atoms with Crippen LogP contribution in [0.2, 0.25) is 0 Å². The molecule has 2 saturated heterocycles. The van der Waals surface area contributed by atoms with Crippen molar-refractivity contribution >= 4 is 86.6 Å². The Labute approximate surface area is 407 Å². The molecule has 24 nitrogen and oxygen atoms in total. The molecule has 1 aromatic carbocycles. The first-order valence-electron chi connectivity index (χ1n) is 22.5. The molecule has 1 aromatic rings. The van der Waals surface area contributed by atoms with Gasteiger partial charge >= 0.3 is 5.97 Å². The molecule has 2 heterocycles. The van der Waals surface area contributed by atoms with Crippen LogP contribution in [0.1, 0.15) is 78.2 Å². The summed E-state index contributed by atoms with van der Waals surface area (Å²) in [6.45, 7) is 6.31. The molecule has 69 heavy (non-hydrogen) atoms. The van der Waals surface area contributed by atoms with Crippen LogP contribution in [0, 0.1) is 11.8 Å². The van der Waals surface area contributed by atoms with E-state index in [9.17, 15) is 57.8 Å². The fourth-order valence-corrected chi connectivity index (χ4v) is 9.61. The number of hydrogen-bond acceptors (Lipinski definition) is 15. The van der Waals surface area contributed by atoms with E-state index in [0.717, 1.165) is 21.6 Å². The van der Waals surface area contributed by atoms with Gasteiger partial charge in [0.2, 0.25) is 59.1 Å². The van der Waals surface area contributed by atoms with Gasteiger partial charge in [0.1, 0.15) is 54.6 Å². The number of nitrogens with two attached hydrogens (primary N) is 3. The Morgan fingerprint density at radius 2 is 1.42 bits per heavy atom. The Hall–Kier alpha value is -6.15. The van der Waals surface area contributed by atoms with Crippen molar-refractivity contribution in [2.75, 3.05) is 24.6 Å². The lowest BCUT2D eigenvalue weighted by Crippen LogP contribution is -2.61. The van der Waals surface area contributed by atoms with Crippen LogP contribution in [0.4, 0.5) is 0 Å². The minimum atomic E-state index is -1.76. The molecule has 2 aliphatic heterocycles. The lowest BCUT2D eigenvalue weighted by molar-refractivity contribution is -0.142. The molecule has 3 unspecified atom stereocenters. The van der Waals surface area contributed by atoms with E-state index in [0.29, 0.717) is 18.4 Å². The Morgan fingerprint density at radius 3 is 2.03 bits per heavy atom. The smallest absolute Gasteiger partial charge is 0.322 e. The number of aliphatic carboxylic acids is 1. The second kappa shape index (κ2) is 27.7. The number of nitrogens with one attached hydrogen (secondary N) is 7. The molecule has 0 saturated carbocycles. The summed E-state index contributed by atoms with van der Waals surface area (Å²) in [4.78, 5) is 148. The highest BCUT2D eigenvalue weighted by Gasteiger charge is 2.41. The van der Waals surface area contributed by atoms with E-state index in [1.807, 2.05) is 0 Å². The van der Waals surface area contributed by atoms with Crippen LogP contribution in [-0.4, -0.2) is 153 Å². The van der Waals surface area contributed by atoms with Crippen molar-refractivity contribution in [1.29, 1.82) is 0 Å². The largest absolute Gasteiger partial charge is 0.508 e. The van der Waals surface area contributed by atoms with E-state index in [-0.39, 0.29) is 49.0 Å². The molecule has 2 fully saturated rings. The van der Waals surface area contributed by atoms with Crippen molar-refractivity contribution in [3.05, 3.63) is 29.8 Å². The maximum atomic E-state index is 14.5. The highest BCUT2D eigenvalue weighted by molar-refractivity contribution is 8.76. The molecule has 382 valence electrons. The molecule has 9 atom stereocenters. The number of benzene rings is 1. The third-order valence-electron chi connectivity index (χ3n) is 11.3. The number of carbonyl (C=O) groups is 11. The molecule has 0 spiro atoms. The van der Waals surface area contributed by atoms with Crippen LogP contribution in [0.15, 0.2) is 24.3 Å². The van der Waals surface area contributed by atoms with Gasteiger partial charge in [-0.2, -0.15) is 0 Å². The van der Waals surface area contributed by atoms with Gasteiger partial charge in [0, 0.05) is 30.9 Å². The van der Waals surface area contributed by atoms with Crippen molar-refractivity contribution in [3.8, 4) is 5.75 Å². The lowest BCUT2D eigenvalue weighted by Gasteiger charge is -2.31. The van der Waals surface area contributed by atoms with Gasteiger partial charge in [-0.15, -0.1) is 0 Å². The van der Waals surface area contributed by atoms with Crippen LogP contribution in [0.5, 0.6) is 5.75 Å². The van der Waals surface area contributed by atoms with Gasteiger partial charge < -0.3 is 69.5 Å². The molecule has 15 N–H and O–H groups in total. The van der Waals surface area contributed by atoms with Gasteiger partial charge in [-0.3, -0.25) is 52.7 Å². The summed E-state index contributed by atoms with van der Waals surface area (Å²) in [5, 5.41) is 36.6. The molecule has 26 heteroatoms. The summed E-state index contributed by atoms with van der Waals surface area (Å²) < 4.78 is 0. The third kappa shape index (κ3) is 18.7. The Balaban J connectivity index is 2.05. The van der Waals surface area contributed by atoms with Crippen molar-refractivity contribution in [2.45, 2.75) is 127 Å². The highest BCUT2D eigenvalue weighted by Crippen LogP contribution is 2.26. The van der Waals surface area contributed by atoms with E-state index in [2.05, 4.69) is 37.2 Å². The Kier molecular flexibility index (Phi) is 23.0. The maximum Gasteiger partial charge on any atom is 0.322 e. The monoisotopic (exact) mass is 1010 g/mol. The number of aromatic hydroxyl groups is 1. The summed E-state index contributed by atoms with van der Waals surface area (Å²) in [6.07, 6.45) is -0.798. The molecule has 3 rings (SSSR count). The number of primary amides is 2. The first kappa shape index (κ1) is 57.2. The Bertz CT molecular complexity index is 2050. The van der Waals surface area contributed by atoms with Crippen molar-refractivity contribution in [1.82, 2.24) is 42.1 Å². The zero-order chi connectivity index (χ0) is 51.5. The zero-order valence-electron chi connectivity index (χ0n) is 38.9. The quantitative estimate of drug-likeness (QED) is 0.0692. The van der Waals surface area contributed by atoms with Gasteiger partial charge in [0.15, 0.2) is 0 Å². The number of carboxylic acids is 1.